The summed E-state index contributed by atoms with van der Waals surface area (Å²) in [5, 5.41) is 2.15. The van der Waals surface area contributed by atoms with Crippen LogP contribution >= 0.6 is 11.3 Å². The zero-order valence-electron chi connectivity index (χ0n) is 9.73. The van der Waals surface area contributed by atoms with Gasteiger partial charge in [-0.05, 0) is 47.9 Å². The minimum Gasteiger partial charge on any atom is -0.326 e. The Hall–Kier alpha value is -1.19. The van der Waals surface area contributed by atoms with Crippen LogP contribution in [0.15, 0.2) is 29.8 Å². The first kappa shape index (κ1) is 10.9. The lowest BCUT2D eigenvalue weighted by molar-refractivity contribution is 0.597. The number of nitrogens with zero attached hydrogens (tertiary/aromatic N) is 1. The summed E-state index contributed by atoms with van der Waals surface area (Å²) >= 11 is 1.77. The second kappa shape index (κ2) is 4.59. The van der Waals surface area contributed by atoms with Crippen molar-refractivity contribution in [3.63, 3.8) is 0 Å². The molecule has 0 aromatic carbocycles. The topological polar surface area (TPSA) is 38.9 Å². The van der Waals surface area contributed by atoms with Gasteiger partial charge in [-0.25, -0.2) is 0 Å². The summed E-state index contributed by atoms with van der Waals surface area (Å²) in [7, 11) is 0. The minimum atomic E-state index is 0.463. The summed E-state index contributed by atoms with van der Waals surface area (Å²) in [6.07, 6.45) is 5.53. The highest BCUT2D eigenvalue weighted by molar-refractivity contribution is 7.10. The van der Waals surface area contributed by atoms with Crippen LogP contribution in [-0.4, -0.2) is 4.98 Å². The van der Waals surface area contributed by atoms with Gasteiger partial charge < -0.3 is 5.73 Å². The van der Waals surface area contributed by atoms with Gasteiger partial charge in [0.1, 0.15) is 0 Å². The van der Waals surface area contributed by atoms with Crippen molar-refractivity contribution in [1.29, 1.82) is 0 Å². The van der Waals surface area contributed by atoms with Gasteiger partial charge in [0.25, 0.3) is 0 Å². The van der Waals surface area contributed by atoms with Gasteiger partial charge in [-0.1, -0.05) is 6.07 Å². The Morgan fingerprint density at radius 3 is 3.24 bits per heavy atom. The van der Waals surface area contributed by atoms with Gasteiger partial charge in [-0.2, -0.15) is 0 Å². The van der Waals surface area contributed by atoms with E-state index in [-0.39, 0.29) is 0 Å². The van der Waals surface area contributed by atoms with E-state index in [1.807, 2.05) is 12.3 Å². The second-order valence-corrected chi connectivity index (χ2v) is 5.50. The number of rotatable bonds is 2. The van der Waals surface area contributed by atoms with E-state index in [4.69, 9.17) is 5.73 Å². The van der Waals surface area contributed by atoms with E-state index >= 15 is 0 Å². The van der Waals surface area contributed by atoms with Gasteiger partial charge in [0.2, 0.25) is 0 Å². The molecule has 0 spiro atoms. The molecule has 3 rings (SSSR count). The fraction of sp³-hybridized carbons (Fsp3) is 0.357. The Kier molecular flexibility index (Phi) is 2.95. The summed E-state index contributed by atoms with van der Waals surface area (Å²) in [6, 6.07) is 6.48. The highest BCUT2D eigenvalue weighted by atomic mass is 32.1. The average molecular weight is 244 g/mol. The first-order chi connectivity index (χ1) is 8.40. The molecule has 0 amide bonds. The third-order valence-electron chi connectivity index (χ3n) is 3.54. The van der Waals surface area contributed by atoms with Crippen molar-refractivity contribution >= 4 is 11.3 Å². The lowest BCUT2D eigenvalue weighted by Crippen LogP contribution is -2.14. The highest BCUT2D eigenvalue weighted by Crippen LogP contribution is 2.38. The predicted octanol–water partition coefficient (Wildman–Crippen LogP) is 3.07. The number of aryl methyl sites for hydroxylation is 1. The zero-order chi connectivity index (χ0) is 11.7. The Morgan fingerprint density at radius 2 is 2.35 bits per heavy atom. The fourth-order valence-electron chi connectivity index (χ4n) is 2.74. The number of aromatic nitrogens is 1. The number of fused-ring (bicyclic) bond motifs is 1. The molecule has 0 bridgehead atoms. The summed E-state index contributed by atoms with van der Waals surface area (Å²) in [4.78, 5) is 5.91. The van der Waals surface area contributed by atoms with Gasteiger partial charge in [-0.3, -0.25) is 4.98 Å². The van der Waals surface area contributed by atoms with Crippen LogP contribution in [0.3, 0.4) is 0 Å². The van der Waals surface area contributed by atoms with E-state index in [9.17, 15) is 0 Å². The van der Waals surface area contributed by atoms with Crippen molar-refractivity contribution < 1.29 is 0 Å². The normalized spacial score (nSPS) is 19.0. The molecule has 3 heteroatoms. The summed E-state index contributed by atoms with van der Waals surface area (Å²) in [5.41, 5.74) is 9.90. The Balaban J connectivity index is 2.06. The first-order valence-corrected chi connectivity index (χ1v) is 6.98. The SMILES string of the molecule is NCc1sccc1C1CCCc2cccnc21. The van der Waals surface area contributed by atoms with Crippen molar-refractivity contribution in [3.8, 4) is 0 Å². The van der Waals surface area contributed by atoms with E-state index in [1.54, 1.807) is 11.3 Å². The largest absolute Gasteiger partial charge is 0.326 e. The van der Waals surface area contributed by atoms with Gasteiger partial charge in [0.15, 0.2) is 0 Å². The van der Waals surface area contributed by atoms with Crippen LogP contribution in [0.2, 0.25) is 0 Å². The number of hydrogen-bond acceptors (Lipinski definition) is 3. The van der Waals surface area contributed by atoms with Crippen LogP contribution in [0.1, 0.15) is 40.5 Å². The Morgan fingerprint density at radius 1 is 1.41 bits per heavy atom. The van der Waals surface area contributed by atoms with Crippen LogP contribution in [0, 0.1) is 0 Å². The number of hydrogen-bond donors (Lipinski definition) is 1. The maximum absolute atomic E-state index is 5.81. The molecule has 2 aromatic rings. The molecular weight excluding hydrogens is 228 g/mol. The van der Waals surface area contributed by atoms with Crippen molar-refractivity contribution in [2.45, 2.75) is 31.7 Å². The van der Waals surface area contributed by atoms with Crippen molar-refractivity contribution in [1.82, 2.24) is 4.98 Å². The van der Waals surface area contributed by atoms with Crippen LogP contribution in [-0.2, 0) is 13.0 Å². The molecule has 2 heterocycles. The number of pyridine rings is 1. The van der Waals surface area contributed by atoms with Crippen LogP contribution < -0.4 is 5.73 Å². The fourth-order valence-corrected chi connectivity index (χ4v) is 3.56. The standard InChI is InChI=1S/C14H16N2S/c15-9-13-11(6-8-17-13)12-5-1-3-10-4-2-7-16-14(10)12/h2,4,6-8,12H,1,3,5,9,15H2. The monoisotopic (exact) mass is 244 g/mol. The lowest BCUT2D eigenvalue weighted by Gasteiger charge is -2.24. The molecule has 1 unspecified atom stereocenters. The summed E-state index contributed by atoms with van der Waals surface area (Å²) in [5.74, 6) is 0.463. The molecular formula is C14H16N2S. The van der Waals surface area contributed by atoms with Crippen molar-refractivity contribution in [2.24, 2.45) is 5.73 Å². The average Bonchev–Trinajstić information content (AvgIpc) is 2.86. The third kappa shape index (κ3) is 1.90. The summed E-state index contributed by atoms with van der Waals surface area (Å²) in [6.45, 7) is 0.645. The quantitative estimate of drug-likeness (QED) is 0.881. The van der Waals surface area contributed by atoms with E-state index in [0.29, 0.717) is 12.5 Å². The molecule has 0 saturated heterocycles. The van der Waals surface area contributed by atoms with E-state index in [1.165, 1.54) is 41.0 Å². The molecule has 0 fully saturated rings. The van der Waals surface area contributed by atoms with Gasteiger partial charge in [-0.15, -0.1) is 11.3 Å². The molecule has 1 aliphatic rings. The number of thiophene rings is 1. The van der Waals surface area contributed by atoms with Gasteiger partial charge in [0, 0.05) is 23.5 Å². The van der Waals surface area contributed by atoms with Gasteiger partial charge in [0.05, 0.1) is 5.69 Å². The Labute approximate surface area is 106 Å². The Bertz CT molecular complexity index is 518. The van der Waals surface area contributed by atoms with E-state index < -0.39 is 0 Å². The van der Waals surface area contributed by atoms with Crippen molar-refractivity contribution in [3.05, 3.63) is 51.5 Å². The lowest BCUT2D eigenvalue weighted by atomic mass is 9.82. The van der Waals surface area contributed by atoms with Crippen molar-refractivity contribution in [2.75, 3.05) is 0 Å². The van der Waals surface area contributed by atoms with E-state index in [0.717, 1.165) is 0 Å². The number of nitrogens with two attached hydrogens (primary N) is 1. The highest BCUT2D eigenvalue weighted by Gasteiger charge is 2.24. The van der Waals surface area contributed by atoms with Gasteiger partial charge >= 0.3 is 0 Å². The first-order valence-electron chi connectivity index (χ1n) is 6.10. The molecule has 2 N–H and O–H groups in total. The molecule has 2 nitrogen and oxygen atoms in total. The van der Waals surface area contributed by atoms with Crippen LogP contribution in [0.5, 0.6) is 0 Å². The van der Waals surface area contributed by atoms with Crippen LogP contribution in [0.4, 0.5) is 0 Å². The maximum Gasteiger partial charge on any atom is 0.0510 e. The molecule has 0 radical (unpaired) electrons. The second-order valence-electron chi connectivity index (χ2n) is 4.50. The van der Waals surface area contributed by atoms with E-state index in [2.05, 4.69) is 22.5 Å². The third-order valence-corrected chi connectivity index (χ3v) is 4.49. The molecule has 1 atom stereocenters. The molecule has 17 heavy (non-hydrogen) atoms. The molecule has 0 saturated carbocycles. The maximum atomic E-state index is 5.81. The smallest absolute Gasteiger partial charge is 0.0510 e. The van der Waals surface area contributed by atoms with Crippen LogP contribution in [0.25, 0.3) is 0 Å². The zero-order valence-corrected chi connectivity index (χ0v) is 10.5. The minimum absolute atomic E-state index is 0.463. The molecule has 0 aliphatic heterocycles. The molecule has 1 aliphatic carbocycles. The molecule has 88 valence electrons. The summed E-state index contributed by atoms with van der Waals surface area (Å²) < 4.78 is 0. The predicted molar refractivity (Wildman–Crippen MR) is 71.2 cm³/mol. The molecule has 2 aromatic heterocycles.